The molecule has 4 aromatic rings. The number of rotatable bonds is 9. The first-order chi connectivity index (χ1) is 21.0. The number of imidazole rings is 1. The number of nitrogens with one attached hydrogen (secondary N) is 2. The molecule has 2 N–H and O–H groups in total. The molecule has 2 aliphatic heterocycles. The number of benzene rings is 1. The van der Waals surface area contributed by atoms with Gasteiger partial charge in [0, 0.05) is 74.8 Å². The van der Waals surface area contributed by atoms with Gasteiger partial charge >= 0.3 is 0 Å². The number of hydrogen-bond acceptors (Lipinski definition) is 10. The molecule has 13 heteroatoms. The number of halogens is 1. The van der Waals surface area contributed by atoms with Crippen molar-refractivity contribution in [2.45, 2.75) is 31.8 Å². The minimum absolute atomic E-state index is 0.409. The van der Waals surface area contributed by atoms with Crippen molar-refractivity contribution < 1.29 is 9.30 Å². The van der Waals surface area contributed by atoms with Crippen LogP contribution in [0.2, 0.25) is 0 Å². The van der Waals surface area contributed by atoms with Gasteiger partial charge < -0.3 is 34.1 Å². The third-order valence-electron chi connectivity index (χ3n) is 8.78. The summed E-state index contributed by atoms with van der Waals surface area (Å²) in [4.78, 5) is 21.2. The lowest BCUT2D eigenvalue weighted by molar-refractivity contribution is 0.0188. The Hall–Kier alpha value is -3.18. The Morgan fingerprint density at radius 1 is 1.07 bits per heavy atom. The molecule has 234 valence electrons. The van der Waals surface area contributed by atoms with Gasteiger partial charge in [0.05, 0.1) is 28.3 Å². The maximum Gasteiger partial charge on any atom is 0.229 e. The predicted octanol–water partition coefficient (Wildman–Crippen LogP) is 5.15. The van der Waals surface area contributed by atoms with E-state index in [0.717, 1.165) is 30.1 Å². The average Bonchev–Trinajstić information content (AvgIpc) is 3.42. The molecule has 0 spiro atoms. The Bertz CT molecular complexity index is 1710. The Kier molecular flexibility index (Phi) is 8.63. The van der Waals surface area contributed by atoms with Gasteiger partial charge in [0.25, 0.3) is 0 Å². The van der Waals surface area contributed by atoms with Crippen LogP contribution in [-0.4, -0.2) is 102 Å². The van der Waals surface area contributed by atoms with Crippen molar-refractivity contribution in [1.29, 1.82) is 0 Å². The Morgan fingerprint density at radius 3 is 2.50 bits per heavy atom. The first-order valence-corrected chi connectivity index (χ1v) is 18.3. The number of anilines is 5. The van der Waals surface area contributed by atoms with E-state index in [0.29, 0.717) is 45.0 Å². The van der Waals surface area contributed by atoms with Crippen LogP contribution in [0.25, 0.3) is 5.65 Å². The number of ether oxygens (including phenoxy) is 1. The summed E-state index contributed by atoms with van der Waals surface area (Å²) < 4.78 is 21.7. The van der Waals surface area contributed by atoms with Crippen LogP contribution in [0, 0.1) is 6.92 Å². The number of aromatic nitrogens is 4. The quantitative estimate of drug-likeness (QED) is 0.231. The monoisotopic (exact) mass is 681 g/mol. The van der Waals surface area contributed by atoms with Crippen LogP contribution >= 0.6 is 23.1 Å². The smallest absolute Gasteiger partial charge is 0.229 e. The van der Waals surface area contributed by atoms with Crippen molar-refractivity contribution >= 4 is 62.9 Å². The summed E-state index contributed by atoms with van der Waals surface area (Å²) in [6, 6.07) is 7.47. The lowest BCUT2D eigenvalue weighted by Crippen LogP contribution is -2.62. The minimum Gasteiger partial charge on any atom is -0.494 e. The first kappa shape index (κ1) is 30.8. The summed E-state index contributed by atoms with van der Waals surface area (Å²) in [7, 11) is 3.36. The molecule has 1 aromatic carbocycles. The number of hydrogen-bond donors (Lipinski definition) is 2. The van der Waals surface area contributed by atoms with Gasteiger partial charge in [-0.25, -0.2) is 9.97 Å². The fourth-order valence-corrected chi connectivity index (χ4v) is 7.89. The molecule has 44 heavy (non-hydrogen) atoms. The highest BCUT2D eigenvalue weighted by Gasteiger charge is 2.35. The molecule has 0 aliphatic carbocycles. The maximum absolute atomic E-state index is 13.3. The van der Waals surface area contributed by atoms with Crippen molar-refractivity contribution in [2.24, 2.45) is 0 Å². The fraction of sp³-hybridized carbons (Fsp3) is 0.452. The van der Waals surface area contributed by atoms with Gasteiger partial charge in [0.1, 0.15) is 24.4 Å². The summed E-state index contributed by atoms with van der Waals surface area (Å²) in [5.74, 6) is 1.69. The average molecular weight is 683 g/mol. The van der Waals surface area contributed by atoms with Crippen LogP contribution < -0.4 is 25.6 Å². The molecule has 6 rings (SSSR count). The van der Waals surface area contributed by atoms with Gasteiger partial charge in [-0.05, 0) is 80.8 Å². The zero-order valence-corrected chi connectivity index (χ0v) is 28.7. The topological polar surface area (TPSA) is 103 Å². The highest BCUT2D eigenvalue weighted by molar-refractivity contribution is 9.10. The fourth-order valence-electron chi connectivity index (χ4n) is 6.23. The van der Waals surface area contributed by atoms with E-state index < -0.39 is 7.14 Å². The molecule has 0 atom stereocenters. The Morgan fingerprint density at radius 2 is 1.82 bits per heavy atom. The second-order valence-electron chi connectivity index (χ2n) is 12.4. The zero-order valence-electron chi connectivity index (χ0n) is 26.2. The van der Waals surface area contributed by atoms with Crippen LogP contribution in [0.3, 0.4) is 0 Å². The molecule has 0 unspecified atom stereocenters. The Balaban J connectivity index is 1.19. The summed E-state index contributed by atoms with van der Waals surface area (Å²) in [5, 5.41) is 7.40. The molecule has 2 saturated heterocycles. The number of piperidine rings is 1. The summed E-state index contributed by atoms with van der Waals surface area (Å²) >= 11 is 3.57. The highest BCUT2D eigenvalue weighted by atomic mass is 79.9. The van der Waals surface area contributed by atoms with Gasteiger partial charge in [0.15, 0.2) is 0 Å². The highest BCUT2D eigenvalue weighted by Crippen LogP contribution is 2.41. The van der Waals surface area contributed by atoms with E-state index in [1.807, 2.05) is 22.9 Å². The number of aryl methyl sites for hydroxylation is 1. The molecule has 5 heterocycles. The number of pyridine rings is 1. The van der Waals surface area contributed by atoms with E-state index >= 15 is 0 Å². The van der Waals surface area contributed by atoms with Crippen LogP contribution in [-0.2, 0) is 4.57 Å². The van der Waals surface area contributed by atoms with Gasteiger partial charge in [-0.2, -0.15) is 4.98 Å². The SMILES string of the molecule is COc1cc(N2CCC(N3CC(N(C)C)C3)CC2)c(C)cc1Nc1ncc(Br)c(Nc2ccn3ccnc3c2P(C)(C)=O)n1. The molecule has 0 saturated carbocycles. The number of nitrogens with zero attached hydrogens (tertiary/aromatic N) is 7. The van der Waals surface area contributed by atoms with E-state index in [1.54, 1.807) is 32.8 Å². The van der Waals surface area contributed by atoms with Gasteiger partial charge in [0.2, 0.25) is 5.95 Å². The lowest BCUT2D eigenvalue weighted by Gasteiger charge is -2.49. The number of methoxy groups -OCH3 is 1. The molecular weight excluding hydrogens is 641 g/mol. The van der Waals surface area contributed by atoms with Crippen LogP contribution in [0.15, 0.2) is 47.5 Å². The standard InChI is InChI=1S/C31H41BrN9O2P/c1-20-15-25(27(43-4)16-26(20)39-11-7-21(8-12-39)41-18-22(19-41)38(2)3)36-31-34-17-23(32)29(37-31)35-24-9-13-40-14-10-33-30(40)28(24)44(5,6)42/h9-10,13-17,21-22H,7-8,11-12,18-19H2,1-6H3,(H2,34,35,36,37). The van der Waals surface area contributed by atoms with Crippen LogP contribution in [0.5, 0.6) is 5.75 Å². The normalized spacial score (nSPS) is 16.9. The van der Waals surface area contributed by atoms with Crippen LogP contribution in [0.1, 0.15) is 18.4 Å². The molecule has 0 bridgehead atoms. The molecule has 2 fully saturated rings. The predicted molar refractivity (Wildman–Crippen MR) is 183 cm³/mol. The van der Waals surface area contributed by atoms with Crippen molar-refractivity contribution in [3.63, 3.8) is 0 Å². The van der Waals surface area contributed by atoms with E-state index in [9.17, 15) is 4.57 Å². The third-order valence-corrected chi connectivity index (χ3v) is 10.9. The molecular formula is C31H41BrN9O2P. The number of fused-ring (bicyclic) bond motifs is 1. The lowest BCUT2D eigenvalue weighted by atomic mass is 9.96. The molecule has 2 aliphatic rings. The third kappa shape index (κ3) is 6.18. The van der Waals surface area contributed by atoms with Crippen molar-refractivity contribution in [3.05, 3.63) is 53.0 Å². The summed E-state index contributed by atoms with van der Waals surface area (Å²) in [5.41, 5.74) is 4.51. The van der Waals surface area contributed by atoms with Crippen molar-refractivity contribution in [3.8, 4) is 5.75 Å². The van der Waals surface area contributed by atoms with Crippen molar-refractivity contribution in [2.75, 3.05) is 76.2 Å². The maximum atomic E-state index is 13.3. The van der Waals surface area contributed by atoms with Crippen LogP contribution in [0.4, 0.5) is 28.8 Å². The van der Waals surface area contributed by atoms with Gasteiger partial charge in [-0.1, -0.05) is 0 Å². The van der Waals surface area contributed by atoms with E-state index in [2.05, 4.69) is 84.4 Å². The second-order valence-corrected chi connectivity index (χ2v) is 16.4. The Labute approximate surface area is 267 Å². The summed E-state index contributed by atoms with van der Waals surface area (Å²) in [6.45, 7) is 10.1. The van der Waals surface area contributed by atoms with E-state index in [1.165, 1.54) is 31.6 Å². The largest absolute Gasteiger partial charge is 0.494 e. The second kappa shape index (κ2) is 12.3. The minimum atomic E-state index is -2.68. The molecule has 3 aromatic heterocycles. The number of likely N-dealkylation sites (tertiary alicyclic amines) is 1. The van der Waals surface area contributed by atoms with Crippen molar-refractivity contribution in [1.82, 2.24) is 29.2 Å². The molecule has 0 amide bonds. The first-order valence-electron chi connectivity index (χ1n) is 14.9. The van der Waals surface area contributed by atoms with Gasteiger partial charge in [-0.3, -0.25) is 4.90 Å². The van der Waals surface area contributed by atoms with Gasteiger partial charge in [-0.15, -0.1) is 0 Å². The van der Waals surface area contributed by atoms with E-state index in [4.69, 9.17) is 9.72 Å². The summed E-state index contributed by atoms with van der Waals surface area (Å²) in [6.07, 6.45) is 9.48. The van der Waals surface area contributed by atoms with E-state index in [-0.39, 0.29) is 0 Å². The molecule has 11 nitrogen and oxygen atoms in total. The molecule has 0 radical (unpaired) electrons. The zero-order chi connectivity index (χ0) is 31.2. The number of likely N-dealkylation sites (N-methyl/N-ethyl adjacent to an activating group) is 1.